The number of carbonyl (C=O) groups excluding carboxylic acids is 1. The summed E-state index contributed by atoms with van der Waals surface area (Å²) in [6.07, 6.45) is 1.73. The van der Waals surface area contributed by atoms with Gasteiger partial charge >= 0.3 is 0 Å². The first-order valence-corrected chi connectivity index (χ1v) is 10.1. The predicted octanol–water partition coefficient (Wildman–Crippen LogP) is 3.03. The van der Waals surface area contributed by atoms with E-state index in [-0.39, 0.29) is 11.5 Å². The summed E-state index contributed by atoms with van der Waals surface area (Å²) in [4.78, 5) is 37.5. The highest BCUT2D eigenvalue weighted by Gasteiger charge is 2.22. The average molecular weight is 417 g/mol. The molecule has 158 valence electrons. The molecule has 0 N–H and O–H groups in total. The van der Waals surface area contributed by atoms with E-state index in [1.54, 1.807) is 6.20 Å². The number of nitro benzene ring substituents is 1. The SMILES string of the molecule is CN1CCN(Cc2cnc(-c3ccccc3)nc2C(=O)c2ccc([N+](=O)[O-])cc2)CC1. The Kier molecular flexibility index (Phi) is 6.11. The maximum atomic E-state index is 13.3. The van der Waals surface area contributed by atoms with Crippen molar-refractivity contribution in [1.29, 1.82) is 0 Å². The van der Waals surface area contributed by atoms with Gasteiger partial charge < -0.3 is 4.90 Å². The molecule has 8 nitrogen and oxygen atoms in total. The Morgan fingerprint density at radius 3 is 2.35 bits per heavy atom. The highest BCUT2D eigenvalue weighted by molar-refractivity contribution is 6.08. The van der Waals surface area contributed by atoms with E-state index in [1.807, 2.05) is 30.3 Å². The Hall–Kier alpha value is -3.49. The Balaban J connectivity index is 1.69. The Bertz CT molecular complexity index is 1080. The zero-order valence-corrected chi connectivity index (χ0v) is 17.3. The molecule has 31 heavy (non-hydrogen) atoms. The highest BCUT2D eigenvalue weighted by Crippen LogP contribution is 2.21. The fourth-order valence-electron chi connectivity index (χ4n) is 3.56. The minimum absolute atomic E-state index is 0.0538. The zero-order chi connectivity index (χ0) is 21.8. The van der Waals surface area contributed by atoms with Crippen molar-refractivity contribution in [3.05, 3.63) is 87.7 Å². The van der Waals surface area contributed by atoms with Gasteiger partial charge in [-0.1, -0.05) is 30.3 Å². The van der Waals surface area contributed by atoms with Crippen LogP contribution < -0.4 is 0 Å². The van der Waals surface area contributed by atoms with Crippen molar-refractivity contribution in [2.45, 2.75) is 6.54 Å². The van der Waals surface area contributed by atoms with Crippen LogP contribution in [0.25, 0.3) is 11.4 Å². The number of carbonyl (C=O) groups is 1. The summed E-state index contributed by atoms with van der Waals surface area (Å²) in [7, 11) is 2.10. The van der Waals surface area contributed by atoms with Crippen LogP contribution in [0.3, 0.4) is 0 Å². The first-order valence-electron chi connectivity index (χ1n) is 10.1. The predicted molar refractivity (Wildman–Crippen MR) is 117 cm³/mol. The molecule has 0 amide bonds. The van der Waals surface area contributed by atoms with Gasteiger partial charge in [-0.2, -0.15) is 0 Å². The molecule has 1 aliphatic rings. The van der Waals surface area contributed by atoms with Crippen molar-refractivity contribution in [3.8, 4) is 11.4 Å². The molecule has 0 atom stereocenters. The van der Waals surface area contributed by atoms with Gasteiger partial charge in [0.15, 0.2) is 5.82 Å². The fourth-order valence-corrected chi connectivity index (χ4v) is 3.56. The Morgan fingerprint density at radius 1 is 1.03 bits per heavy atom. The molecular weight excluding hydrogens is 394 g/mol. The van der Waals surface area contributed by atoms with Crippen LogP contribution in [-0.4, -0.2) is 63.7 Å². The molecule has 1 aromatic heterocycles. The molecule has 0 spiro atoms. The van der Waals surface area contributed by atoms with Crippen molar-refractivity contribution in [3.63, 3.8) is 0 Å². The van der Waals surface area contributed by atoms with E-state index in [2.05, 4.69) is 26.8 Å². The molecule has 0 radical (unpaired) electrons. The summed E-state index contributed by atoms with van der Waals surface area (Å²) in [5.74, 6) is 0.214. The maximum absolute atomic E-state index is 13.3. The number of ketones is 1. The summed E-state index contributed by atoms with van der Waals surface area (Å²) in [5, 5.41) is 10.9. The molecule has 3 aromatic rings. The van der Waals surface area contributed by atoms with Crippen molar-refractivity contribution in [1.82, 2.24) is 19.8 Å². The van der Waals surface area contributed by atoms with E-state index in [0.29, 0.717) is 23.6 Å². The number of aromatic nitrogens is 2. The normalized spacial score (nSPS) is 15.0. The number of hydrogen-bond donors (Lipinski definition) is 0. The lowest BCUT2D eigenvalue weighted by Gasteiger charge is -2.32. The van der Waals surface area contributed by atoms with Gasteiger partial charge in [-0.25, -0.2) is 9.97 Å². The summed E-state index contributed by atoms with van der Waals surface area (Å²) in [6, 6.07) is 15.1. The molecule has 1 aliphatic heterocycles. The van der Waals surface area contributed by atoms with Crippen LogP contribution >= 0.6 is 0 Å². The average Bonchev–Trinajstić information content (AvgIpc) is 2.81. The molecule has 8 heteroatoms. The third kappa shape index (κ3) is 4.82. The van der Waals surface area contributed by atoms with Crippen LogP contribution in [0.5, 0.6) is 0 Å². The van der Waals surface area contributed by atoms with E-state index in [0.717, 1.165) is 37.3 Å². The van der Waals surface area contributed by atoms with Gasteiger partial charge in [-0.15, -0.1) is 0 Å². The van der Waals surface area contributed by atoms with Crippen molar-refractivity contribution in [2.75, 3.05) is 33.2 Å². The zero-order valence-electron chi connectivity index (χ0n) is 17.3. The summed E-state index contributed by atoms with van der Waals surface area (Å²) < 4.78 is 0. The molecule has 2 aromatic carbocycles. The second-order valence-electron chi connectivity index (χ2n) is 7.65. The molecule has 1 saturated heterocycles. The van der Waals surface area contributed by atoms with E-state index >= 15 is 0 Å². The maximum Gasteiger partial charge on any atom is 0.269 e. The minimum atomic E-state index is -0.481. The first kappa shape index (κ1) is 20.8. The molecule has 0 unspecified atom stereocenters. The van der Waals surface area contributed by atoms with Crippen LogP contribution in [0.2, 0.25) is 0 Å². The van der Waals surface area contributed by atoms with Crippen LogP contribution in [0, 0.1) is 10.1 Å². The second-order valence-corrected chi connectivity index (χ2v) is 7.65. The van der Waals surface area contributed by atoms with Gasteiger partial charge in [0.25, 0.3) is 5.69 Å². The summed E-state index contributed by atoms with van der Waals surface area (Å²) in [6.45, 7) is 4.32. The largest absolute Gasteiger partial charge is 0.304 e. The Labute approximate surface area is 180 Å². The van der Waals surface area contributed by atoms with E-state index in [1.165, 1.54) is 24.3 Å². The number of rotatable bonds is 6. The minimum Gasteiger partial charge on any atom is -0.304 e. The lowest BCUT2D eigenvalue weighted by atomic mass is 10.0. The molecular formula is C23H23N5O3. The number of nitrogens with zero attached hydrogens (tertiary/aromatic N) is 5. The van der Waals surface area contributed by atoms with Crippen LogP contribution in [0.4, 0.5) is 5.69 Å². The molecule has 0 saturated carbocycles. The van der Waals surface area contributed by atoms with E-state index in [9.17, 15) is 14.9 Å². The van der Waals surface area contributed by atoms with E-state index < -0.39 is 4.92 Å². The molecule has 4 rings (SSSR count). The van der Waals surface area contributed by atoms with Gasteiger partial charge in [-0.3, -0.25) is 19.8 Å². The number of benzene rings is 2. The van der Waals surface area contributed by atoms with Crippen molar-refractivity contribution >= 4 is 11.5 Å². The topological polar surface area (TPSA) is 92.5 Å². The molecule has 0 aliphatic carbocycles. The number of piperazine rings is 1. The standard InChI is InChI=1S/C23H23N5O3/c1-26-11-13-27(14-12-26)16-19-15-24-23(18-5-3-2-4-6-18)25-21(19)22(29)17-7-9-20(10-8-17)28(30)31/h2-10,15H,11-14,16H2,1H3. The lowest BCUT2D eigenvalue weighted by Crippen LogP contribution is -2.44. The van der Waals surface area contributed by atoms with Gasteiger partial charge in [-0.05, 0) is 19.2 Å². The first-order chi connectivity index (χ1) is 15.0. The quantitative estimate of drug-likeness (QED) is 0.346. The van der Waals surface area contributed by atoms with Gasteiger partial charge in [0.2, 0.25) is 5.78 Å². The van der Waals surface area contributed by atoms with Crippen LogP contribution in [-0.2, 0) is 6.54 Å². The lowest BCUT2D eigenvalue weighted by molar-refractivity contribution is -0.384. The smallest absolute Gasteiger partial charge is 0.269 e. The third-order valence-electron chi connectivity index (χ3n) is 5.44. The summed E-state index contributed by atoms with van der Waals surface area (Å²) >= 11 is 0. The van der Waals surface area contributed by atoms with E-state index in [4.69, 9.17) is 0 Å². The van der Waals surface area contributed by atoms with Crippen molar-refractivity contribution < 1.29 is 9.72 Å². The monoisotopic (exact) mass is 417 g/mol. The van der Waals surface area contributed by atoms with Crippen molar-refractivity contribution in [2.24, 2.45) is 0 Å². The molecule has 1 fully saturated rings. The number of nitro groups is 1. The molecule has 2 heterocycles. The third-order valence-corrected chi connectivity index (χ3v) is 5.44. The molecule has 0 bridgehead atoms. The van der Waals surface area contributed by atoms with Crippen LogP contribution in [0.15, 0.2) is 60.8 Å². The number of hydrogen-bond acceptors (Lipinski definition) is 7. The van der Waals surface area contributed by atoms with Gasteiger partial charge in [0.1, 0.15) is 5.69 Å². The second kappa shape index (κ2) is 9.11. The summed E-state index contributed by atoms with van der Waals surface area (Å²) in [5.41, 5.74) is 2.23. The van der Waals surface area contributed by atoms with Gasteiger partial charge in [0, 0.05) is 67.7 Å². The highest BCUT2D eigenvalue weighted by atomic mass is 16.6. The van der Waals surface area contributed by atoms with Crippen LogP contribution in [0.1, 0.15) is 21.6 Å². The van der Waals surface area contributed by atoms with Gasteiger partial charge in [0.05, 0.1) is 4.92 Å². The Morgan fingerprint density at radius 2 is 1.71 bits per heavy atom. The number of likely N-dealkylation sites (N-methyl/N-ethyl adjacent to an activating group) is 1. The number of non-ortho nitro benzene ring substituents is 1. The fraction of sp³-hybridized carbons (Fsp3) is 0.261.